The summed E-state index contributed by atoms with van der Waals surface area (Å²) in [6, 6.07) is 3.43. The highest BCUT2D eigenvalue weighted by atomic mass is 32.2. The van der Waals surface area contributed by atoms with E-state index >= 15 is 0 Å². The highest BCUT2D eigenvalue weighted by molar-refractivity contribution is 7.98. The molecule has 2 amide bonds. The maximum Gasteiger partial charge on any atom is 0.315 e. The SMILES string of the molecule is CSc1nnc(CCCNC(=O)NCc2ccco2)n1CC(C)C. The van der Waals surface area contributed by atoms with Gasteiger partial charge in [-0.05, 0) is 30.7 Å². The van der Waals surface area contributed by atoms with Gasteiger partial charge in [-0.3, -0.25) is 0 Å². The van der Waals surface area contributed by atoms with Crippen molar-refractivity contribution in [2.75, 3.05) is 12.8 Å². The first-order chi connectivity index (χ1) is 11.6. The number of nitrogens with zero attached hydrogens (tertiary/aromatic N) is 3. The molecule has 2 aromatic rings. The van der Waals surface area contributed by atoms with Gasteiger partial charge >= 0.3 is 6.03 Å². The van der Waals surface area contributed by atoms with E-state index in [2.05, 4.69) is 39.2 Å². The number of rotatable bonds is 9. The monoisotopic (exact) mass is 351 g/mol. The first kappa shape index (κ1) is 18.4. The zero-order chi connectivity index (χ0) is 17.4. The Kier molecular flexibility index (Phi) is 7.17. The summed E-state index contributed by atoms with van der Waals surface area (Å²) >= 11 is 1.61. The Hall–Kier alpha value is -1.96. The van der Waals surface area contributed by atoms with Crippen LogP contribution in [0.2, 0.25) is 0 Å². The highest BCUT2D eigenvalue weighted by Crippen LogP contribution is 2.16. The molecular weight excluding hydrogens is 326 g/mol. The summed E-state index contributed by atoms with van der Waals surface area (Å²) in [4.78, 5) is 11.7. The smallest absolute Gasteiger partial charge is 0.315 e. The number of carbonyl (C=O) groups excluding carboxylic acids is 1. The van der Waals surface area contributed by atoms with Crippen LogP contribution < -0.4 is 10.6 Å². The summed E-state index contributed by atoms with van der Waals surface area (Å²) < 4.78 is 7.34. The largest absolute Gasteiger partial charge is 0.467 e. The van der Waals surface area contributed by atoms with Gasteiger partial charge in [-0.1, -0.05) is 25.6 Å². The number of hydrogen-bond acceptors (Lipinski definition) is 5. The summed E-state index contributed by atoms with van der Waals surface area (Å²) in [5.74, 6) is 2.25. The lowest BCUT2D eigenvalue weighted by Crippen LogP contribution is -2.35. The predicted molar refractivity (Wildman–Crippen MR) is 93.9 cm³/mol. The summed E-state index contributed by atoms with van der Waals surface area (Å²) in [5.41, 5.74) is 0. The summed E-state index contributed by atoms with van der Waals surface area (Å²) in [6.45, 7) is 6.25. The molecule has 0 saturated carbocycles. The third-order valence-electron chi connectivity index (χ3n) is 3.39. The quantitative estimate of drug-likeness (QED) is 0.536. The van der Waals surface area contributed by atoms with Gasteiger partial charge in [0.05, 0.1) is 12.8 Å². The molecule has 0 aliphatic rings. The molecule has 0 radical (unpaired) electrons. The van der Waals surface area contributed by atoms with Gasteiger partial charge in [-0.2, -0.15) is 0 Å². The summed E-state index contributed by atoms with van der Waals surface area (Å²) in [7, 11) is 0. The molecule has 2 rings (SSSR count). The van der Waals surface area contributed by atoms with Crippen molar-refractivity contribution in [1.29, 1.82) is 0 Å². The summed E-state index contributed by atoms with van der Waals surface area (Å²) in [5, 5.41) is 15.0. The number of aryl methyl sites for hydroxylation is 1. The van der Waals surface area contributed by atoms with Crippen LogP contribution in [0.1, 0.15) is 31.9 Å². The molecule has 2 aromatic heterocycles. The average molecular weight is 351 g/mol. The molecule has 0 aliphatic heterocycles. The molecule has 0 aromatic carbocycles. The van der Waals surface area contributed by atoms with E-state index in [0.717, 1.165) is 36.1 Å². The van der Waals surface area contributed by atoms with E-state index in [1.165, 1.54) is 0 Å². The number of hydrogen-bond donors (Lipinski definition) is 2. The number of aromatic nitrogens is 3. The van der Waals surface area contributed by atoms with E-state index in [-0.39, 0.29) is 6.03 Å². The maximum atomic E-state index is 11.7. The van der Waals surface area contributed by atoms with Crippen molar-refractivity contribution in [3.63, 3.8) is 0 Å². The predicted octanol–water partition coefficient (Wildman–Crippen LogP) is 2.68. The normalized spacial score (nSPS) is 11.0. The van der Waals surface area contributed by atoms with Gasteiger partial charge in [0.2, 0.25) is 0 Å². The van der Waals surface area contributed by atoms with E-state index < -0.39 is 0 Å². The van der Waals surface area contributed by atoms with Crippen LogP contribution >= 0.6 is 11.8 Å². The van der Waals surface area contributed by atoms with Gasteiger partial charge < -0.3 is 19.6 Å². The van der Waals surface area contributed by atoms with Crippen LogP contribution in [0.15, 0.2) is 28.0 Å². The zero-order valence-electron chi connectivity index (χ0n) is 14.4. The molecule has 0 atom stereocenters. The van der Waals surface area contributed by atoms with Crippen LogP contribution in [-0.2, 0) is 19.5 Å². The Labute approximate surface area is 146 Å². The standard InChI is InChI=1S/C16H25N5O2S/c1-12(2)11-21-14(19-20-16(21)24-3)7-4-8-17-15(22)18-10-13-6-5-9-23-13/h5-6,9,12H,4,7-8,10-11H2,1-3H3,(H2,17,18,22). The lowest BCUT2D eigenvalue weighted by Gasteiger charge is -2.12. The van der Waals surface area contributed by atoms with E-state index in [1.807, 2.05) is 12.3 Å². The number of furan rings is 1. The van der Waals surface area contributed by atoms with Crippen molar-refractivity contribution in [2.45, 2.75) is 44.9 Å². The van der Waals surface area contributed by atoms with Crippen LogP contribution in [0.4, 0.5) is 4.79 Å². The molecule has 2 N–H and O–H groups in total. The molecule has 8 heteroatoms. The lowest BCUT2D eigenvalue weighted by atomic mass is 10.2. The molecule has 0 unspecified atom stereocenters. The van der Waals surface area contributed by atoms with Gasteiger partial charge in [0, 0.05) is 19.5 Å². The van der Waals surface area contributed by atoms with Gasteiger partial charge in [0.25, 0.3) is 0 Å². The van der Waals surface area contributed by atoms with E-state index in [4.69, 9.17) is 4.42 Å². The minimum absolute atomic E-state index is 0.195. The molecule has 0 aliphatic carbocycles. The Balaban J connectivity index is 1.72. The van der Waals surface area contributed by atoms with Crippen LogP contribution in [0.5, 0.6) is 0 Å². The summed E-state index contributed by atoms with van der Waals surface area (Å²) in [6.07, 6.45) is 5.21. The topological polar surface area (TPSA) is 85.0 Å². The van der Waals surface area contributed by atoms with Gasteiger partial charge in [-0.25, -0.2) is 4.79 Å². The zero-order valence-corrected chi connectivity index (χ0v) is 15.2. The van der Waals surface area contributed by atoms with Crippen LogP contribution in [0.3, 0.4) is 0 Å². The van der Waals surface area contributed by atoms with Crippen molar-refractivity contribution in [2.24, 2.45) is 5.92 Å². The Morgan fingerprint density at radius 2 is 2.21 bits per heavy atom. The van der Waals surface area contributed by atoms with Gasteiger partial charge in [0.1, 0.15) is 11.6 Å². The molecule has 0 fully saturated rings. The third kappa shape index (κ3) is 5.59. The molecule has 0 bridgehead atoms. The van der Waals surface area contributed by atoms with Crippen LogP contribution in [0, 0.1) is 5.92 Å². The second-order valence-corrected chi connectivity index (χ2v) is 6.67. The second kappa shape index (κ2) is 9.36. The molecule has 132 valence electrons. The van der Waals surface area contributed by atoms with Crippen LogP contribution in [-0.4, -0.2) is 33.6 Å². The molecule has 2 heterocycles. The number of nitrogens with one attached hydrogen (secondary N) is 2. The fourth-order valence-electron chi connectivity index (χ4n) is 2.29. The lowest BCUT2D eigenvalue weighted by molar-refractivity contribution is 0.239. The molecule has 0 spiro atoms. The van der Waals surface area contributed by atoms with Crippen molar-refractivity contribution >= 4 is 17.8 Å². The molecular formula is C16H25N5O2S. The van der Waals surface area contributed by atoms with Crippen molar-refractivity contribution in [3.8, 4) is 0 Å². The van der Waals surface area contributed by atoms with E-state index in [9.17, 15) is 4.79 Å². The fourth-order valence-corrected chi connectivity index (χ4v) is 2.82. The van der Waals surface area contributed by atoms with E-state index in [0.29, 0.717) is 19.0 Å². The maximum absolute atomic E-state index is 11.7. The second-order valence-electron chi connectivity index (χ2n) is 5.90. The third-order valence-corrected chi connectivity index (χ3v) is 4.06. The minimum Gasteiger partial charge on any atom is -0.467 e. The number of thioether (sulfide) groups is 1. The first-order valence-corrected chi connectivity index (χ1v) is 9.32. The Morgan fingerprint density at radius 1 is 1.38 bits per heavy atom. The van der Waals surface area contributed by atoms with Gasteiger partial charge in [0.15, 0.2) is 5.16 Å². The van der Waals surface area contributed by atoms with Crippen molar-refractivity contribution in [1.82, 2.24) is 25.4 Å². The molecule has 0 saturated heterocycles. The first-order valence-electron chi connectivity index (χ1n) is 8.10. The Bertz CT molecular complexity index is 624. The minimum atomic E-state index is -0.195. The molecule has 24 heavy (non-hydrogen) atoms. The highest BCUT2D eigenvalue weighted by Gasteiger charge is 2.12. The molecule has 7 nitrogen and oxygen atoms in total. The number of amides is 2. The van der Waals surface area contributed by atoms with E-state index in [1.54, 1.807) is 24.1 Å². The number of urea groups is 1. The van der Waals surface area contributed by atoms with Crippen LogP contribution in [0.25, 0.3) is 0 Å². The Morgan fingerprint density at radius 3 is 2.88 bits per heavy atom. The average Bonchev–Trinajstić information content (AvgIpc) is 3.19. The number of carbonyl (C=O) groups is 1. The van der Waals surface area contributed by atoms with Gasteiger partial charge in [-0.15, -0.1) is 10.2 Å². The fraction of sp³-hybridized carbons (Fsp3) is 0.562. The van der Waals surface area contributed by atoms with Crippen molar-refractivity contribution in [3.05, 3.63) is 30.0 Å². The van der Waals surface area contributed by atoms with Crippen molar-refractivity contribution < 1.29 is 9.21 Å².